The van der Waals surface area contributed by atoms with Crippen LogP contribution in [0.1, 0.15) is 23.6 Å². The van der Waals surface area contributed by atoms with E-state index in [0.29, 0.717) is 19.5 Å². The molecule has 0 saturated carbocycles. The van der Waals surface area contributed by atoms with Gasteiger partial charge in [0.05, 0.1) is 0 Å². The predicted molar refractivity (Wildman–Crippen MR) is 95.9 cm³/mol. The van der Waals surface area contributed by atoms with Gasteiger partial charge in [-0.25, -0.2) is 0 Å². The molecule has 0 fully saturated rings. The Hall–Kier alpha value is -2.40. The van der Waals surface area contributed by atoms with E-state index >= 15 is 0 Å². The van der Waals surface area contributed by atoms with Crippen molar-refractivity contribution < 1.29 is 4.79 Å². The molecule has 5 nitrogen and oxygen atoms in total. The number of carbonyl (C=O) groups is 1. The molecule has 0 bridgehead atoms. The molecule has 0 spiro atoms. The molecule has 24 heavy (non-hydrogen) atoms. The third-order valence-corrected chi connectivity index (χ3v) is 3.90. The van der Waals surface area contributed by atoms with Crippen molar-refractivity contribution in [3.05, 3.63) is 70.1 Å². The van der Waals surface area contributed by atoms with E-state index in [1.165, 1.54) is 0 Å². The number of aryl methyl sites for hydroxylation is 2. The van der Waals surface area contributed by atoms with Crippen LogP contribution in [0.25, 0.3) is 0 Å². The Labute approximate surface area is 142 Å². The SMILES string of the molecule is Cc1cccc([C@H](C(=O)NCCCn2ccccc2=O)N(C)C)c1. The maximum Gasteiger partial charge on any atom is 0.250 e. The van der Waals surface area contributed by atoms with E-state index in [1.54, 1.807) is 22.9 Å². The minimum atomic E-state index is -0.315. The molecule has 1 N–H and O–H groups in total. The van der Waals surface area contributed by atoms with Crippen LogP contribution in [-0.2, 0) is 11.3 Å². The lowest BCUT2D eigenvalue weighted by Crippen LogP contribution is -2.37. The number of amides is 1. The number of aromatic nitrogens is 1. The first-order valence-electron chi connectivity index (χ1n) is 8.15. The summed E-state index contributed by atoms with van der Waals surface area (Å²) in [6.07, 6.45) is 2.48. The Kier molecular flexibility index (Phi) is 6.32. The number of nitrogens with zero attached hydrogens (tertiary/aromatic N) is 2. The second-order valence-corrected chi connectivity index (χ2v) is 6.16. The normalized spacial score (nSPS) is 12.2. The highest BCUT2D eigenvalue weighted by atomic mass is 16.2. The summed E-state index contributed by atoms with van der Waals surface area (Å²) < 4.78 is 1.65. The zero-order chi connectivity index (χ0) is 17.5. The largest absolute Gasteiger partial charge is 0.354 e. The van der Waals surface area contributed by atoms with E-state index in [-0.39, 0.29) is 17.5 Å². The first-order valence-corrected chi connectivity index (χ1v) is 8.15. The van der Waals surface area contributed by atoms with Gasteiger partial charge in [0.2, 0.25) is 11.5 Å². The Morgan fingerprint density at radius 3 is 2.67 bits per heavy atom. The van der Waals surface area contributed by atoms with Crippen LogP contribution in [-0.4, -0.2) is 36.0 Å². The minimum Gasteiger partial charge on any atom is -0.354 e. The van der Waals surface area contributed by atoms with Crippen molar-refractivity contribution >= 4 is 5.91 Å². The van der Waals surface area contributed by atoms with Crippen molar-refractivity contribution in [2.24, 2.45) is 0 Å². The van der Waals surface area contributed by atoms with Crippen LogP contribution in [0.2, 0.25) is 0 Å². The number of pyridine rings is 1. The van der Waals surface area contributed by atoms with Crippen LogP contribution in [0.5, 0.6) is 0 Å². The van der Waals surface area contributed by atoms with E-state index in [4.69, 9.17) is 0 Å². The van der Waals surface area contributed by atoms with E-state index < -0.39 is 0 Å². The summed E-state index contributed by atoms with van der Waals surface area (Å²) >= 11 is 0. The molecule has 0 radical (unpaired) electrons. The van der Waals surface area contributed by atoms with Gasteiger partial charge in [-0.2, -0.15) is 0 Å². The number of hydrogen-bond donors (Lipinski definition) is 1. The average molecular weight is 327 g/mol. The van der Waals surface area contributed by atoms with Gasteiger partial charge in [0.1, 0.15) is 6.04 Å². The molecule has 0 aliphatic carbocycles. The monoisotopic (exact) mass is 327 g/mol. The lowest BCUT2D eigenvalue weighted by molar-refractivity contribution is -0.125. The number of rotatable bonds is 7. The van der Waals surface area contributed by atoms with Crippen LogP contribution in [0.15, 0.2) is 53.5 Å². The maximum absolute atomic E-state index is 12.6. The second kappa shape index (κ2) is 8.45. The Balaban J connectivity index is 1.92. The van der Waals surface area contributed by atoms with Crippen LogP contribution < -0.4 is 10.9 Å². The van der Waals surface area contributed by atoms with Gasteiger partial charge in [-0.3, -0.25) is 14.5 Å². The summed E-state index contributed by atoms with van der Waals surface area (Å²) in [5.41, 5.74) is 2.10. The van der Waals surface area contributed by atoms with E-state index in [9.17, 15) is 9.59 Å². The van der Waals surface area contributed by atoms with Crippen LogP contribution in [0.4, 0.5) is 0 Å². The van der Waals surface area contributed by atoms with E-state index in [0.717, 1.165) is 11.1 Å². The maximum atomic E-state index is 12.6. The second-order valence-electron chi connectivity index (χ2n) is 6.16. The Morgan fingerprint density at radius 1 is 1.21 bits per heavy atom. The highest BCUT2D eigenvalue weighted by molar-refractivity contribution is 5.83. The molecule has 1 amide bonds. The van der Waals surface area contributed by atoms with Crippen molar-refractivity contribution in [3.63, 3.8) is 0 Å². The summed E-state index contributed by atoms with van der Waals surface area (Å²) in [5.74, 6) is -0.0222. The lowest BCUT2D eigenvalue weighted by atomic mass is 10.0. The number of hydrogen-bond acceptors (Lipinski definition) is 3. The topological polar surface area (TPSA) is 54.3 Å². The summed E-state index contributed by atoms with van der Waals surface area (Å²) in [6.45, 7) is 3.15. The zero-order valence-corrected chi connectivity index (χ0v) is 14.5. The van der Waals surface area contributed by atoms with Crippen molar-refractivity contribution in [3.8, 4) is 0 Å². The van der Waals surface area contributed by atoms with Crippen LogP contribution in [0, 0.1) is 6.92 Å². The van der Waals surface area contributed by atoms with Gasteiger partial charge in [-0.1, -0.05) is 35.9 Å². The van der Waals surface area contributed by atoms with Gasteiger partial charge in [0.25, 0.3) is 0 Å². The fourth-order valence-electron chi connectivity index (χ4n) is 2.73. The molecular formula is C19H25N3O2. The van der Waals surface area contributed by atoms with Crippen molar-refractivity contribution in [1.82, 2.24) is 14.8 Å². The van der Waals surface area contributed by atoms with Gasteiger partial charge in [0, 0.05) is 25.4 Å². The molecule has 0 aliphatic rings. The summed E-state index contributed by atoms with van der Waals surface area (Å²) in [5, 5.41) is 2.98. The van der Waals surface area contributed by atoms with Gasteiger partial charge < -0.3 is 9.88 Å². The number of carbonyl (C=O) groups excluding carboxylic acids is 1. The molecule has 1 atom stereocenters. The van der Waals surface area contributed by atoms with Crippen LogP contribution in [0.3, 0.4) is 0 Å². The molecule has 2 rings (SSSR count). The number of nitrogens with one attached hydrogen (secondary N) is 1. The fraction of sp³-hybridized carbons (Fsp3) is 0.368. The molecule has 1 aromatic carbocycles. The standard InChI is InChI=1S/C19H25N3O2/c1-15-8-6-9-16(14-15)18(21(2)3)19(24)20-11-7-13-22-12-5-4-10-17(22)23/h4-6,8-10,12,14,18H,7,11,13H2,1-3H3,(H,20,24)/t18-/m1/s1. The minimum absolute atomic E-state index is 0.0187. The number of likely N-dealkylation sites (N-methyl/N-ethyl adjacent to an activating group) is 1. The predicted octanol–water partition coefficient (Wildman–Crippen LogP) is 1.97. The molecule has 0 unspecified atom stereocenters. The van der Waals surface area contributed by atoms with E-state index in [1.807, 2.05) is 56.3 Å². The van der Waals surface area contributed by atoms with Gasteiger partial charge in [-0.05, 0) is 39.1 Å². The quantitative estimate of drug-likeness (QED) is 0.791. The molecule has 1 aromatic heterocycles. The first kappa shape index (κ1) is 17.9. The smallest absolute Gasteiger partial charge is 0.250 e. The molecule has 2 aromatic rings. The third kappa shape index (κ3) is 4.80. The molecule has 1 heterocycles. The molecule has 5 heteroatoms. The highest BCUT2D eigenvalue weighted by Gasteiger charge is 2.22. The molecule has 0 saturated heterocycles. The van der Waals surface area contributed by atoms with Crippen LogP contribution >= 0.6 is 0 Å². The third-order valence-electron chi connectivity index (χ3n) is 3.90. The first-order chi connectivity index (χ1) is 11.5. The zero-order valence-electron chi connectivity index (χ0n) is 14.5. The van der Waals surface area contributed by atoms with Crippen molar-refractivity contribution in [2.45, 2.75) is 25.9 Å². The van der Waals surface area contributed by atoms with Gasteiger partial charge >= 0.3 is 0 Å². The average Bonchev–Trinajstić information content (AvgIpc) is 2.53. The molecule has 128 valence electrons. The molecule has 0 aliphatic heterocycles. The Bertz CT molecular complexity index is 737. The molecular weight excluding hydrogens is 302 g/mol. The fourth-order valence-corrected chi connectivity index (χ4v) is 2.73. The summed E-state index contributed by atoms with van der Waals surface area (Å²) in [6, 6.07) is 12.8. The van der Waals surface area contributed by atoms with Gasteiger partial charge in [-0.15, -0.1) is 0 Å². The summed E-state index contributed by atoms with van der Waals surface area (Å²) in [4.78, 5) is 26.1. The lowest BCUT2D eigenvalue weighted by Gasteiger charge is -2.24. The van der Waals surface area contributed by atoms with E-state index in [2.05, 4.69) is 5.32 Å². The number of benzene rings is 1. The summed E-state index contributed by atoms with van der Waals surface area (Å²) in [7, 11) is 3.80. The Morgan fingerprint density at radius 2 is 2.00 bits per heavy atom. The van der Waals surface area contributed by atoms with Crippen molar-refractivity contribution in [1.29, 1.82) is 0 Å². The highest BCUT2D eigenvalue weighted by Crippen LogP contribution is 2.19. The van der Waals surface area contributed by atoms with Crippen molar-refractivity contribution in [2.75, 3.05) is 20.6 Å². The van der Waals surface area contributed by atoms with Gasteiger partial charge in [0.15, 0.2) is 0 Å².